The van der Waals surface area contributed by atoms with Gasteiger partial charge in [0, 0.05) is 10.3 Å². The average Bonchev–Trinajstić information content (AvgIpc) is 3.16. The quantitative estimate of drug-likeness (QED) is 0.397. The van der Waals surface area contributed by atoms with Crippen LogP contribution in [-0.4, -0.2) is 22.9 Å². The summed E-state index contributed by atoms with van der Waals surface area (Å²) in [4.78, 5) is 13.0. The number of rotatable bonds is 4. The maximum Gasteiger partial charge on any atom is 0.178 e. The number of methoxy groups -OCH3 is 1. The highest BCUT2D eigenvalue weighted by molar-refractivity contribution is 7.85. The summed E-state index contributed by atoms with van der Waals surface area (Å²) in [5.41, 5.74) is 4.05. The van der Waals surface area contributed by atoms with Crippen LogP contribution in [0.4, 0.5) is 0 Å². The van der Waals surface area contributed by atoms with Gasteiger partial charge in [-0.05, 0) is 91.2 Å². The van der Waals surface area contributed by atoms with Crippen molar-refractivity contribution < 1.29 is 13.7 Å². The van der Waals surface area contributed by atoms with Gasteiger partial charge in [0.25, 0.3) is 0 Å². The number of allylic oxidation sites excluding steroid dienone is 7. The summed E-state index contributed by atoms with van der Waals surface area (Å²) in [6.07, 6.45) is 12.5. The molecule has 1 unspecified atom stereocenters. The number of hydrogen-bond donors (Lipinski definition) is 0. The van der Waals surface area contributed by atoms with Crippen LogP contribution in [0, 0.1) is 28.6 Å². The molecule has 0 amide bonds. The topological polar surface area (TPSA) is 43.4 Å². The number of benzene rings is 1. The Morgan fingerprint density at radius 2 is 1.94 bits per heavy atom. The van der Waals surface area contributed by atoms with Crippen LogP contribution in [0.2, 0.25) is 0 Å². The van der Waals surface area contributed by atoms with Gasteiger partial charge in [0.1, 0.15) is 5.76 Å². The van der Waals surface area contributed by atoms with Crippen molar-refractivity contribution in [3.05, 3.63) is 77.1 Å². The number of ketones is 1. The highest BCUT2D eigenvalue weighted by Gasteiger charge is 2.55. The highest BCUT2D eigenvalue weighted by atomic mass is 32.2. The second-order valence-electron chi connectivity index (χ2n) is 10.6. The van der Waals surface area contributed by atoms with Crippen molar-refractivity contribution >= 4 is 16.6 Å². The molecule has 1 aromatic carbocycles. The highest BCUT2D eigenvalue weighted by Crippen LogP contribution is 2.65. The van der Waals surface area contributed by atoms with Gasteiger partial charge in [-0.25, -0.2) is 0 Å². The van der Waals surface area contributed by atoms with Crippen LogP contribution < -0.4 is 0 Å². The first-order valence-corrected chi connectivity index (χ1v) is 13.5. The average molecular weight is 463 g/mol. The maximum absolute atomic E-state index is 13.1. The van der Waals surface area contributed by atoms with Crippen molar-refractivity contribution in [1.29, 1.82) is 0 Å². The largest absolute Gasteiger partial charge is 0.500 e. The minimum Gasteiger partial charge on any atom is -0.500 e. The van der Waals surface area contributed by atoms with E-state index in [1.165, 1.54) is 16.7 Å². The van der Waals surface area contributed by atoms with Crippen LogP contribution in [0.1, 0.15) is 46.5 Å². The molecule has 2 saturated carbocycles. The number of ether oxygens (including phenoxy) is 1. The number of fused-ring (bicyclic) bond motifs is 5. The van der Waals surface area contributed by atoms with Gasteiger partial charge in [-0.15, -0.1) is 0 Å². The molecule has 2 fully saturated rings. The molecule has 4 aliphatic carbocycles. The fourth-order valence-corrected chi connectivity index (χ4v) is 8.41. The second-order valence-corrected chi connectivity index (χ2v) is 12.1. The zero-order chi connectivity index (χ0) is 23.4. The predicted molar refractivity (Wildman–Crippen MR) is 133 cm³/mol. The minimum absolute atomic E-state index is 0.0336. The molecule has 33 heavy (non-hydrogen) atoms. The molecular weight excluding hydrogens is 428 g/mol. The fraction of sp³-hybridized carbons (Fsp3) is 0.483. The van der Waals surface area contributed by atoms with E-state index in [9.17, 15) is 9.00 Å². The van der Waals surface area contributed by atoms with Gasteiger partial charge < -0.3 is 4.74 Å². The van der Waals surface area contributed by atoms with E-state index >= 15 is 0 Å². The molecule has 1 aromatic rings. The van der Waals surface area contributed by atoms with Gasteiger partial charge in [0.2, 0.25) is 0 Å². The standard InChI is InChI=1S/C29H34O3S/c1-19-16-22-23-10-11-25(27(32-4)18-33(31)21-8-6-5-7-9-21)28(23,2)15-13-24(22)29(3)14-12-20(30)17-26(19)29/h5-9,12-14,17,19,22-23H,10-11,15-16,18H2,1-4H3/t19-,22-,23-,28-,29+,33?/m0/s1. The molecule has 0 saturated heterocycles. The minimum atomic E-state index is -1.12. The van der Waals surface area contributed by atoms with E-state index in [4.69, 9.17) is 4.74 Å². The Balaban J connectivity index is 1.50. The summed E-state index contributed by atoms with van der Waals surface area (Å²) >= 11 is 0. The molecule has 0 spiro atoms. The Kier molecular flexibility index (Phi) is 5.63. The van der Waals surface area contributed by atoms with Gasteiger partial charge in [0.15, 0.2) is 5.78 Å². The molecule has 0 bridgehead atoms. The summed E-state index contributed by atoms with van der Waals surface area (Å²) in [5.74, 6) is 2.93. The van der Waals surface area contributed by atoms with Crippen LogP contribution in [0.15, 0.2) is 82.0 Å². The zero-order valence-corrected chi connectivity index (χ0v) is 20.9. The van der Waals surface area contributed by atoms with E-state index in [1.54, 1.807) is 13.2 Å². The summed E-state index contributed by atoms with van der Waals surface area (Å²) in [6, 6.07) is 9.69. The Morgan fingerprint density at radius 1 is 1.18 bits per heavy atom. The SMILES string of the molecule is COC(CS(=O)c1ccccc1)=C1CC[C@H]2[C@@H]3C[C@H](C)C4=CC(=O)C=C[C@]4(C)C3=CC[C@]12C. The Bertz CT molecular complexity index is 1120. The van der Waals surface area contributed by atoms with E-state index in [-0.39, 0.29) is 16.6 Å². The number of hydrogen-bond acceptors (Lipinski definition) is 3. The van der Waals surface area contributed by atoms with E-state index < -0.39 is 10.8 Å². The molecule has 5 rings (SSSR count). The third-order valence-electron chi connectivity index (χ3n) is 8.91. The van der Waals surface area contributed by atoms with E-state index in [0.717, 1.165) is 36.3 Å². The summed E-state index contributed by atoms with van der Waals surface area (Å²) in [7, 11) is 0.616. The first-order valence-electron chi connectivity index (χ1n) is 12.1. The molecule has 0 N–H and O–H groups in total. The predicted octanol–water partition coefficient (Wildman–Crippen LogP) is 6.17. The molecule has 3 nitrogen and oxygen atoms in total. The van der Waals surface area contributed by atoms with Gasteiger partial charge in [-0.3, -0.25) is 9.00 Å². The molecule has 174 valence electrons. The molecular formula is C29H34O3S. The lowest BCUT2D eigenvalue weighted by Gasteiger charge is -2.53. The third-order valence-corrected chi connectivity index (χ3v) is 10.2. The van der Waals surface area contributed by atoms with Crippen molar-refractivity contribution in [3.8, 4) is 0 Å². The maximum atomic E-state index is 13.1. The Labute approximate surface area is 200 Å². The van der Waals surface area contributed by atoms with Crippen molar-refractivity contribution in [1.82, 2.24) is 0 Å². The first kappa shape index (κ1) is 22.6. The van der Waals surface area contributed by atoms with E-state index in [1.807, 2.05) is 36.4 Å². The Hall–Kier alpha value is -2.20. The van der Waals surface area contributed by atoms with Gasteiger partial charge in [-0.2, -0.15) is 0 Å². The van der Waals surface area contributed by atoms with Gasteiger partial charge in [-0.1, -0.05) is 49.8 Å². The molecule has 0 heterocycles. The summed E-state index contributed by atoms with van der Waals surface area (Å²) < 4.78 is 19.0. The normalized spacial score (nSPS) is 37.3. The summed E-state index contributed by atoms with van der Waals surface area (Å²) in [5, 5.41) is 0. The smallest absolute Gasteiger partial charge is 0.178 e. The molecule has 4 heteroatoms. The zero-order valence-electron chi connectivity index (χ0n) is 20.1. The lowest BCUT2D eigenvalue weighted by atomic mass is 9.51. The second kappa shape index (κ2) is 8.23. The van der Waals surface area contributed by atoms with Crippen molar-refractivity contribution in [2.24, 2.45) is 28.6 Å². The van der Waals surface area contributed by atoms with Crippen LogP contribution in [0.3, 0.4) is 0 Å². The van der Waals surface area contributed by atoms with Crippen LogP contribution >= 0.6 is 0 Å². The van der Waals surface area contributed by atoms with Crippen molar-refractivity contribution in [2.45, 2.75) is 51.3 Å². The molecule has 0 radical (unpaired) electrons. The van der Waals surface area contributed by atoms with Gasteiger partial charge >= 0.3 is 0 Å². The van der Waals surface area contributed by atoms with Gasteiger partial charge in [0.05, 0.1) is 23.7 Å². The van der Waals surface area contributed by atoms with E-state index in [2.05, 4.69) is 32.9 Å². The lowest BCUT2D eigenvalue weighted by molar-refractivity contribution is -0.110. The molecule has 0 aliphatic heterocycles. The monoisotopic (exact) mass is 462 g/mol. The summed E-state index contributed by atoms with van der Waals surface area (Å²) in [6.45, 7) is 6.99. The van der Waals surface area contributed by atoms with Crippen LogP contribution in [0.5, 0.6) is 0 Å². The molecule has 0 aromatic heterocycles. The molecule has 6 atom stereocenters. The van der Waals surface area contributed by atoms with Crippen LogP contribution in [-0.2, 0) is 20.3 Å². The van der Waals surface area contributed by atoms with Crippen molar-refractivity contribution in [3.63, 3.8) is 0 Å². The number of carbonyl (C=O) groups excluding carboxylic acids is 1. The first-order chi connectivity index (χ1) is 15.8. The van der Waals surface area contributed by atoms with E-state index in [0.29, 0.717) is 23.5 Å². The molecule has 4 aliphatic rings. The van der Waals surface area contributed by atoms with Crippen LogP contribution in [0.25, 0.3) is 0 Å². The Morgan fingerprint density at radius 3 is 2.67 bits per heavy atom. The third kappa shape index (κ3) is 3.53. The lowest BCUT2D eigenvalue weighted by Crippen LogP contribution is -2.44. The fourth-order valence-electron chi connectivity index (χ4n) is 7.25. The number of carbonyl (C=O) groups is 1. The van der Waals surface area contributed by atoms with Crippen molar-refractivity contribution in [2.75, 3.05) is 12.9 Å².